The van der Waals surface area contributed by atoms with E-state index < -0.39 is 18.1 Å². The van der Waals surface area contributed by atoms with Crippen LogP contribution in [0.5, 0.6) is 0 Å². The molecule has 0 rings (SSSR count). The van der Waals surface area contributed by atoms with Crippen LogP contribution in [0.15, 0.2) is 0 Å². The number of nitrogens with zero attached hydrogens (tertiary/aromatic N) is 1. The molecule has 0 aliphatic carbocycles. The van der Waals surface area contributed by atoms with Gasteiger partial charge in [-0.05, 0) is 6.42 Å². The number of aliphatic carboxylic acids is 1. The molecule has 7 nitrogen and oxygen atoms in total. The van der Waals surface area contributed by atoms with E-state index >= 15 is 0 Å². The van der Waals surface area contributed by atoms with Crippen LogP contribution in [0.4, 0.5) is 0 Å². The number of carbonyl (C=O) groups is 2. The number of unbranched alkanes of at least 4 members (excludes halogenated alkanes) is 12. The van der Waals surface area contributed by atoms with E-state index in [0.29, 0.717) is 6.42 Å². The van der Waals surface area contributed by atoms with Gasteiger partial charge in [0.15, 0.2) is 0 Å². The van der Waals surface area contributed by atoms with Gasteiger partial charge in [0, 0.05) is 12.8 Å². The molecule has 2 atom stereocenters. The summed E-state index contributed by atoms with van der Waals surface area (Å²) in [6, 6.07) is -0.680. The largest absolute Gasteiger partial charge is 0.544 e. The molecule has 0 fully saturated rings. The lowest BCUT2D eigenvalue weighted by atomic mass is 10.0. The van der Waals surface area contributed by atoms with Gasteiger partial charge in [-0.1, -0.05) is 84.0 Å². The summed E-state index contributed by atoms with van der Waals surface area (Å²) in [6.07, 6.45) is 16.1. The Morgan fingerprint density at radius 2 is 1.30 bits per heavy atom. The van der Waals surface area contributed by atoms with Crippen LogP contribution in [0.1, 0.15) is 103 Å². The van der Waals surface area contributed by atoms with Crippen molar-refractivity contribution in [2.24, 2.45) is 0 Å². The number of carboxylic acids is 1. The molecule has 0 aromatic carbocycles. The molecule has 0 radical (unpaired) electrons. The van der Waals surface area contributed by atoms with Gasteiger partial charge in [0.05, 0.1) is 40.3 Å². The first-order valence-corrected chi connectivity index (χ1v) is 13.1. The molecule has 0 amide bonds. The predicted octanol–water partition coefficient (Wildman–Crippen LogP) is 3.60. The highest BCUT2D eigenvalue weighted by atomic mass is 16.5. The zero-order chi connectivity index (χ0) is 25.0. The van der Waals surface area contributed by atoms with Crippen molar-refractivity contribution in [2.45, 2.75) is 115 Å². The third-order valence-corrected chi connectivity index (χ3v) is 5.97. The van der Waals surface area contributed by atoms with E-state index in [4.69, 9.17) is 9.47 Å². The van der Waals surface area contributed by atoms with Crippen molar-refractivity contribution in [3.8, 4) is 0 Å². The third-order valence-electron chi connectivity index (χ3n) is 5.97. The van der Waals surface area contributed by atoms with E-state index in [9.17, 15) is 19.8 Å². The lowest BCUT2D eigenvalue weighted by Gasteiger charge is -2.34. The highest BCUT2D eigenvalue weighted by Crippen LogP contribution is 2.13. The van der Waals surface area contributed by atoms with Crippen LogP contribution in [0.3, 0.4) is 0 Å². The average Bonchev–Trinajstić information content (AvgIpc) is 2.74. The van der Waals surface area contributed by atoms with E-state index in [1.807, 2.05) is 0 Å². The number of hydrogen-bond donors (Lipinski definition) is 1. The Labute approximate surface area is 202 Å². The first kappa shape index (κ1) is 31.8. The Balaban J connectivity index is 3.55. The van der Waals surface area contributed by atoms with Crippen LogP contribution in [0.2, 0.25) is 0 Å². The highest BCUT2D eigenvalue weighted by molar-refractivity contribution is 5.69. The standard InChI is InChI=1S/C26H51NO6/c1-5-6-7-8-9-10-11-12-13-14-15-16-17-18-25(29)33-22-23(28)21-32-20-19-24(26(30)31)27(2,3)4/h23-24,28H,5-22H2,1-4H3/t23-,24?/m0/s1. The van der Waals surface area contributed by atoms with Gasteiger partial charge in [0.2, 0.25) is 0 Å². The molecule has 0 aromatic rings. The van der Waals surface area contributed by atoms with Gasteiger partial charge in [0.1, 0.15) is 18.8 Å². The molecule has 0 aromatic heterocycles. The van der Waals surface area contributed by atoms with E-state index in [-0.39, 0.29) is 36.7 Å². The van der Waals surface area contributed by atoms with Crippen LogP contribution in [-0.2, 0) is 19.1 Å². The van der Waals surface area contributed by atoms with Gasteiger partial charge < -0.3 is 29.0 Å². The van der Waals surface area contributed by atoms with Gasteiger partial charge in [-0.3, -0.25) is 4.79 Å². The first-order chi connectivity index (χ1) is 15.7. The summed E-state index contributed by atoms with van der Waals surface area (Å²) < 4.78 is 10.7. The Bertz CT molecular complexity index is 492. The number of carboxylic acid groups (broad SMARTS) is 1. The Morgan fingerprint density at radius 3 is 1.76 bits per heavy atom. The van der Waals surface area contributed by atoms with E-state index in [1.54, 1.807) is 21.1 Å². The second-order valence-electron chi connectivity index (χ2n) is 10.1. The molecule has 0 saturated heterocycles. The number of esters is 1. The van der Waals surface area contributed by atoms with E-state index in [1.165, 1.54) is 64.2 Å². The molecule has 0 heterocycles. The molecule has 7 heteroatoms. The van der Waals surface area contributed by atoms with Crippen LogP contribution in [0.25, 0.3) is 0 Å². The van der Waals surface area contributed by atoms with Crippen molar-refractivity contribution in [3.63, 3.8) is 0 Å². The maximum atomic E-state index is 11.8. The Kier molecular flexibility index (Phi) is 19.5. The lowest BCUT2D eigenvalue weighted by molar-refractivity contribution is -0.889. The second-order valence-corrected chi connectivity index (χ2v) is 10.1. The van der Waals surface area contributed by atoms with Crippen molar-refractivity contribution in [3.05, 3.63) is 0 Å². The zero-order valence-electron chi connectivity index (χ0n) is 21.8. The second kappa shape index (κ2) is 20.2. The zero-order valence-corrected chi connectivity index (χ0v) is 21.8. The molecule has 1 N–H and O–H groups in total. The number of aliphatic hydroxyl groups is 1. The molecule has 0 aliphatic rings. The molecule has 0 spiro atoms. The third kappa shape index (κ3) is 20.0. The number of rotatable bonds is 23. The minimum absolute atomic E-state index is 0.00291. The Morgan fingerprint density at radius 1 is 0.818 bits per heavy atom. The smallest absolute Gasteiger partial charge is 0.305 e. The van der Waals surface area contributed by atoms with Crippen molar-refractivity contribution in [1.29, 1.82) is 0 Å². The van der Waals surface area contributed by atoms with Crippen molar-refractivity contribution < 1.29 is 33.8 Å². The number of aliphatic hydroxyl groups excluding tert-OH is 1. The molecule has 196 valence electrons. The maximum Gasteiger partial charge on any atom is 0.305 e. The molecule has 0 saturated carbocycles. The summed E-state index contributed by atoms with van der Waals surface area (Å²) in [6.45, 7) is 2.34. The minimum Gasteiger partial charge on any atom is -0.544 e. The topological polar surface area (TPSA) is 95.9 Å². The number of hydrogen-bond acceptors (Lipinski definition) is 6. The number of quaternary nitrogens is 1. The van der Waals surface area contributed by atoms with Crippen LogP contribution < -0.4 is 5.11 Å². The fraction of sp³-hybridized carbons (Fsp3) is 0.923. The molecule has 0 aliphatic heterocycles. The van der Waals surface area contributed by atoms with Crippen molar-refractivity contribution in [1.82, 2.24) is 0 Å². The Hall–Kier alpha value is -1.18. The van der Waals surface area contributed by atoms with Gasteiger partial charge in [-0.25, -0.2) is 0 Å². The van der Waals surface area contributed by atoms with Crippen LogP contribution >= 0.6 is 0 Å². The normalized spacial score (nSPS) is 13.6. The predicted molar refractivity (Wildman–Crippen MR) is 130 cm³/mol. The van der Waals surface area contributed by atoms with Crippen LogP contribution in [0, 0.1) is 0 Å². The maximum absolute atomic E-state index is 11.8. The SMILES string of the molecule is CCCCCCCCCCCCCCCC(=O)OC[C@@H](O)COCCC(C(=O)[O-])[N+](C)(C)C. The fourth-order valence-corrected chi connectivity index (χ4v) is 3.83. The molecule has 1 unspecified atom stereocenters. The average molecular weight is 474 g/mol. The van der Waals surface area contributed by atoms with Gasteiger partial charge in [-0.15, -0.1) is 0 Å². The monoisotopic (exact) mass is 473 g/mol. The van der Waals surface area contributed by atoms with Crippen molar-refractivity contribution >= 4 is 11.9 Å². The molecular weight excluding hydrogens is 422 g/mol. The summed E-state index contributed by atoms with van der Waals surface area (Å²) in [5.41, 5.74) is 0. The minimum atomic E-state index is -1.12. The summed E-state index contributed by atoms with van der Waals surface area (Å²) in [5.74, 6) is -1.41. The highest BCUT2D eigenvalue weighted by Gasteiger charge is 2.24. The summed E-state index contributed by atoms with van der Waals surface area (Å²) >= 11 is 0. The molecular formula is C26H51NO6. The molecule has 33 heavy (non-hydrogen) atoms. The number of carbonyl (C=O) groups excluding carboxylic acids is 2. The summed E-state index contributed by atoms with van der Waals surface area (Å²) in [7, 11) is 5.35. The molecule has 0 bridgehead atoms. The quantitative estimate of drug-likeness (QED) is 0.138. The first-order valence-electron chi connectivity index (χ1n) is 13.1. The lowest BCUT2D eigenvalue weighted by Crippen LogP contribution is -2.55. The number of ether oxygens (including phenoxy) is 2. The van der Waals surface area contributed by atoms with E-state index in [2.05, 4.69) is 6.92 Å². The van der Waals surface area contributed by atoms with Gasteiger partial charge in [0.25, 0.3) is 0 Å². The fourth-order valence-electron chi connectivity index (χ4n) is 3.83. The summed E-state index contributed by atoms with van der Waals surface area (Å²) in [4.78, 5) is 23.0. The van der Waals surface area contributed by atoms with Crippen molar-refractivity contribution in [2.75, 3.05) is 41.0 Å². The van der Waals surface area contributed by atoms with Gasteiger partial charge >= 0.3 is 5.97 Å². The van der Waals surface area contributed by atoms with Crippen LogP contribution in [-0.4, -0.2) is 74.6 Å². The van der Waals surface area contributed by atoms with E-state index in [0.717, 1.165) is 19.3 Å². The number of likely N-dealkylation sites (N-methyl/N-ethyl adjacent to an activating group) is 1. The summed E-state index contributed by atoms with van der Waals surface area (Å²) in [5, 5.41) is 21.1. The van der Waals surface area contributed by atoms with Gasteiger partial charge in [-0.2, -0.15) is 0 Å².